The summed E-state index contributed by atoms with van der Waals surface area (Å²) in [5.74, 6) is 0.478. The van der Waals surface area contributed by atoms with Gasteiger partial charge in [-0.25, -0.2) is 9.97 Å². The van der Waals surface area contributed by atoms with Gasteiger partial charge in [-0.15, -0.1) is 0 Å². The molecule has 0 saturated heterocycles. The highest BCUT2D eigenvalue weighted by Crippen LogP contribution is 2.21. The number of hydrogen-bond donors (Lipinski definition) is 4. The van der Waals surface area contributed by atoms with E-state index in [1.54, 1.807) is 24.4 Å². The maximum absolute atomic E-state index is 11.9. The fourth-order valence-corrected chi connectivity index (χ4v) is 1.56. The minimum Gasteiger partial charge on any atom is -0.393 e. The average molecular weight is 287 g/mol. The van der Waals surface area contributed by atoms with Gasteiger partial charge in [-0.2, -0.15) is 0 Å². The standard InChI is InChI=1S/C13H17N7O/c1-2-6-16-11-10(14)12(18-8-17-11)19-20-13(21)9-5-3-4-7-15-9/h3-5,7-8H,2,6,14H2,1H3,(H,20,21)(H2,16,17,18,19). The lowest BCUT2D eigenvalue weighted by molar-refractivity contribution is 0.0957. The summed E-state index contributed by atoms with van der Waals surface area (Å²) in [5.41, 5.74) is 11.7. The van der Waals surface area contributed by atoms with Crippen LogP contribution in [0.25, 0.3) is 0 Å². The Balaban J connectivity index is 2.01. The first-order valence-corrected chi connectivity index (χ1v) is 6.54. The number of rotatable bonds is 6. The van der Waals surface area contributed by atoms with Crippen molar-refractivity contribution in [2.75, 3.05) is 23.0 Å². The van der Waals surface area contributed by atoms with Gasteiger partial charge in [-0.1, -0.05) is 13.0 Å². The fourth-order valence-electron chi connectivity index (χ4n) is 1.56. The molecule has 8 heteroatoms. The number of nitrogens with zero attached hydrogens (tertiary/aromatic N) is 3. The predicted octanol–water partition coefficient (Wildman–Crippen LogP) is 1.03. The van der Waals surface area contributed by atoms with Crippen molar-refractivity contribution in [3.8, 4) is 0 Å². The van der Waals surface area contributed by atoms with Crippen LogP contribution in [0.1, 0.15) is 23.8 Å². The number of nitrogen functional groups attached to an aromatic ring is 1. The van der Waals surface area contributed by atoms with E-state index in [4.69, 9.17) is 5.73 Å². The van der Waals surface area contributed by atoms with E-state index in [0.29, 0.717) is 23.0 Å². The second-order valence-corrected chi connectivity index (χ2v) is 4.21. The van der Waals surface area contributed by atoms with Gasteiger partial charge in [0.1, 0.15) is 17.7 Å². The second kappa shape index (κ2) is 7.04. The van der Waals surface area contributed by atoms with Gasteiger partial charge in [-0.3, -0.25) is 20.6 Å². The Morgan fingerprint density at radius 2 is 2.05 bits per heavy atom. The zero-order valence-electron chi connectivity index (χ0n) is 11.6. The molecule has 110 valence electrons. The first-order chi connectivity index (χ1) is 10.2. The first kappa shape index (κ1) is 14.5. The van der Waals surface area contributed by atoms with Crippen LogP contribution < -0.4 is 21.9 Å². The predicted molar refractivity (Wildman–Crippen MR) is 80.6 cm³/mol. The van der Waals surface area contributed by atoms with Crippen LogP contribution in [0.4, 0.5) is 17.3 Å². The molecule has 2 aromatic heterocycles. The molecule has 0 radical (unpaired) electrons. The van der Waals surface area contributed by atoms with Crippen molar-refractivity contribution in [3.63, 3.8) is 0 Å². The molecule has 21 heavy (non-hydrogen) atoms. The third-order valence-electron chi connectivity index (χ3n) is 2.62. The van der Waals surface area contributed by atoms with E-state index >= 15 is 0 Å². The number of carbonyl (C=O) groups is 1. The molecule has 2 heterocycles. The number of carbonyl (C=O) groups excluding carboxylic acids is 1. The van der Waals surface area contributed by atoms with Gasteiger partial charge < -0.3 is 11.1 Å². The number of hydrogen-bond acceptors (Lipinski definition) is 7. The quantitative estimate of drug-likeness (QED) is 0.586. The lowest BCUT2D eigenvalue weighted by Crippen LogP contribution is -2.31. The summed E-state index contributed by atoms with van der Waals surface area (Å²) < 4.78 is 0. The molecule has 0 atom stereocenters. The zero-order chi connectivity index (χ0) is 15.1. The summed E-state index contributed by atoms with van der Waals surface area (Å²) in [4.78, 5) is 23.8. The summed E-state index contributed by atoms with van der Waals surface area (Å²) in [6.45, 7) is 2.79. The molecule has 0 unspecified atom stereocenters. The Morgan fingerprint density at radius 1 is 1.24 bits per heavy atom. The molecule has 0 aliphatic carbocycles. The average Bonchev–Trinajstić information content (AvgIpc) is 2.53. The minimum absolute atomic E-state index is 0.293. The molecular formula is C13H17N7O. The Hall–Kier alpha value is -2.90. The van der Waals surface area contributed by atoms with E-state index < -0.39 is 0 Å². The molecule has 0 aliphatic heterocycles. The van der Waals surface area contributed by atoms with E-state index in [1.165, 1.54) is 6.33 Å². The molecule has 0 spiro atoms. The molecule has 0 aliphatic rings. The summed E-state index contributed by atoms with van der Waals surface area (Å²) in [6.07, 6.45) is 3.85. The monoisotopic (exact) mass is 287 g/mol. The summed E-state index contributed by atoms with van der Waals surface area (Å²) in [5, 5.41) is 3.08. The van der Waals surface area contributed by atoms with Crippen molar-refractivity contribution in [1.29, 1.82) is 0 Å². The van der Waals surface area contributed by atoms with Crippen LogP contribution in [0, 0.1) is 0 Å². The highest BCUT2D eigenvalue weighted by Gasteiger charge is 2.10. The van der Waals surface area contributed by atoms with Crippen molar-refractivity contribution >= 4 is 23.2 Å². The van der Waals surface area contributed by atoms with E-state index in [1.807, 2.05) is 6.92 Å². The number of hydrazine groups is 1. The smallest absolute Gasteiger partial charge is 0.288 e. The molecule has 0 fully saturated rings. The lowest BCUT2D eigenvalue weighted by Gasteiger charge is -2.12. The molecule has 0 aromatic carbocycles. The largest absolute Gasteiger partial charge is 0.393 e. The van der Waals surface area contributed by atoms with Crippen LogP contribution in [-0.4, -0.2) is 27.4 Å². The van der Waals surface area contributed by atoms with Crippen LogP contribution in [0.5, 0.6) is 0 Å². The van der Waals surface area contributed by atoms with E-state index in [0.717, 1.165) is 13.0 Å². The van der Waals surface area contributed by atoms with Crippen molar-refractivity contribution in [3.05, 3.63) is 36.4 Å². The van der Waals surface area contributed by atoms with Crippen LogP contribution in [0.15, 0.2) is 30.7 Å². The number of nitrogens with two attached hydrogens (primary N) is 1. The maximum atomic E-state index is 11.9. The summed E-state index contributed by atoms with van der Waals surface area (Å²) in [6, 6.07) is 5.07. The number of nitrogens with one attached hydrogen (secondary N) is 3. The van der Waals surface area contributed by atoms with Gasteiger partial charge in [0.15, 0.2) is 11.6 Å². The summed E-state index contributed by atoms with van der Waals surface area (Å²) >= 11 is 0. The molecule has 5 N–H and O–H groups in total. The zero-order valence-corrected chi connectivity index (χ0v) is 11.6. The molecule has 2 rings (SSSR count). The second-order valence-electron chi connectivity index (χ2n) is 4.21. The SMILES string of the molecule is CCCNc1ncnc(NNC(=O)c2ccccn2)c1N. The Labute approximate surface area is 122 Å². The topological polar surface area (TPSA) is 118 Å². The third-order valence-corrected chi connectivity index (χ3v) is 2.62. The molecule has 2 aromatic rings. The van der Waals surface area contributed by atoms with Crippen molar-refractivity contribution in [2.24, 2.45) is 0 Å². The number of amides is 1. The van der Waals surface area contributed by atoms with Crippen LogP contribution in [-0.2, 0) is 0 Å². The number of anilines is 3. The van der Waals surface area contributed by atoms with Gasteiger partial charge >= 0.3 is 0 Å². The molecule has 0 bridgehead atoms. The maximum Gasteiger partial charge on any atom is 0.288 e. The fraction of sp³-hybridized carbons (Fsp3) is 0.231. The van der Waals surface area contributed by atoms with E-state index in [-0.39, 0.29) is 5.91 Å². The highest BCUT2D eigenvalue weighted by atomic mass is 16.2. The lowest BCUT2D eigenvalue weighted by atomic mass is 10.3. The van der Waals surface area contributed by atoms with E-state index in [9.17, 15) is 4.79 Å². The Morgan fingerprint density at radius 3 is 2.76 bits per heavy atom. The normalized spacial score (nSPS) is 9.95. The van der Waals surface area contributed by atoms with Crippen LogP contribution in [0.2, 0.25) is 0 Å². The Bertz CT molecular complexity index is 603. The molecule has 1 amide bonds. The first-order valence-electron chi connectivity index (χ1n) is 6.54. The number of pyridine rings is 1. The van der Waals surface area contributed by atoms with Crippen molar-refractivity contribution in [1.82, 2.24) is 20.4 Å². The van der Waals surface area contributed by atoms with Gasteiger partial charge in [0, 0.05) is 12.7 Å². The molecule has 8 nitrogen and oxygen atoms in total. The van der Waals surface area contributed by atoms with Crippen molar-refractivity contribution in [2.45, 2.75) is 13.3 Å². The van der Waals surface area contributed by atoms with Gasteiger partial charge in [0.2, 0.25) is 0 Å². The molecule has 0 saturated carbocycles. The minimum atomic E-state index is -0.378. The van der Waals surface area contributed by atoms with Crippen LogP contribution >= 0.6 is 0 Å². The van der Waals surface area contributed by atoms with Crippen molar-refractivity contribution < 1.29 is 4.79 Å². The van der Waals surface area contributed by atoms with E-state index in [2.05, 4.69) is 31.1 Å². The number of aromatic nitrogens is 3. The Kier molecular flexibility index (Phi) is 4.86. The van der Waals surface area contributed by atoms with Crippen LogP contribution in [0.3, 0.4) is 0 Å². The summed E-state index contributed by atoms with van der Waals surface area (Å²) in [7, 11) is 0. The van der Waals surface area contributed by atoms with Gasteiger partial charge in [-0.05, 0) is 18.6 Å². The van der Waals surface area contributed by atoms with Gasteiger partial charge in [0.25, 0.3) is 5.91 Å². The third kappa shape index (κ3) is 3.78. The molecular weight excluding hydrogens is 270 g/mol. The van der Waals surface area contributed by atoms with Gasteiger partial charge in [0.05, 0.1) is 0 Å². The highest BCUT2D eigenvalue weighted by molar-refractivity contribution is 5.93.